The minimum Gasteiger partial charge on any atom is -0.371 e. The number of amides is 1. The van der Waals surface area contributed by atoms with E-state index in [9.17, 15) is 4.79 Å². The van der Waals surface area contributed by atoms with Crippen LogP contribution >= 0.6 is 0 Å². The molecule has 4 rings (SSSR count). The number of nitrogens with zero attached hydrogens (tertiary/aromatic N) is 6. The lowest BCUT2D eigenvalue weighted by molar-refractivity contribution is -0.129. The molecule has 7 nitrogen and oxygen atoms in total. The summed E-state index contributed by atoms with van der Waals surface area (Å²) in [5, 5.41) is 0. The first-order chi connectivity index (χ1) is 15.4. The number of hydrogen-bond acceptors (Lipinski definition) is 6. The Bertz CT molecular complexity index is 940. The van der Waals surface area contributed by atoms with Gasteiger partial charge >= 0.3 is 0 Å². The molecule has 2 aliphatic heterocycles. The first kappa shape index (κ1) is 22.5. The van der Waals surface area contributed by atoms with Gasteiger partial charge in [-0.05, 0) is 44.4 Å². The highest BCUT2D eigenvalue weighted by Crippen LogP contribution is 2.31. The minimum absolute atomic E-state index is 0.0210. The quantitative estimate of drug-likeness (QED) is 0.663. The van der Waals surface area contributed by atoms with Crippen LogP contribution in [0, 0.1) is 0 Å². The van der Waals surface area contributed by atoms with Gasteiger partial charge < -0.3 is 14.7 Å². The lowest BCUT2D eigenvalue weighted by atomic mass is 10.1. The van der Waals surface area contributed by atoms with E-state index in [1.807, 2.05) is 23.9 Å². The summed E-state index contributed by atoms with van der Waals surface area (Å²) in [5.41, 5.74) is 3.71. The number of benzene rings is 1. The van der Waals surface area contributed by atoms with Gasteiger partial charge in [0.2, 0.25) is 5.91 Å². The smallest absolute Gasteiger partial charge is 0.220 e. The summed E-state index contributed by atoms with van der Waals surface area (Å²) in [6.07, 6.45) is 4.48. The van der Waals surface area contributed by atoms with Gasteiger partial charge in [-0.3, -0.25) is 9.69 Å². The zero-order valence-corrected chi connectivity index (χ0v) is 19.9. The van der Waals surface area contributed by atoms with E-state index in [2.05, 4.69) is 47.2 Å². The molecule has 2 fully saturated rings. The first-order valence-corrected chi connectivity index (χ1v) is 11.8. The molecule has 32 heavy (non-hydrogen) atoms. The average molecular weight is 437 g/mol. The fraction of sp³-hybridized carbons (Fsp3) is 0.560. The lowest BCUT2D eigenvalue weighted by Crippen LogP contribution is -2.30. The minimum atomic E-state index is -0.0210. The molecule has 3 heterocycles. The van der Waals surface area contributed by atoms with Crippen LogP contribution in [-0.4, -0.2) is 66.5 Å². The third kappa shape index (κ3) is 5.04. The fourth-order valence-corrected chi connectivity index (χ4v) is 4.91. The second-order valence-corrected chi connectivity index (χ2v) is 9.34. The molecular weight excluding hydrogens is 400 g/mol. The molecule has 1 aromatic carbocycles. The molecule has 1 aromatic heterocycles. The van der Waals surface area contributed by atoms with Gasteiger partial charge in [0.1, 0.15) is 5.82 Å². The largest absolute Gasteiger partial charge is 0.371 e. The van der Waals surface area contributed by atoms with Crippen molar-refractivity contribution < 1.29 is 4.79 Å². The number of anilines is 2. The molecule has 0 unspecified atom stereocenters. The Kier molecular flexibility index (Phi) is 6.94. The Morgan fingerprint density at radius 2 is 1.78 bits per heavy atom. The summed E-state index contributed by atoms with van der Waals surface area (Å²) >= 11 is 0. The Morgan fingerprint density at radius 3 is 2.50 bits per heavy atom. The normalized spacial score (nSPS) is 18.6. The molecule has 1 atom stereocenters. The van der Waals surface area contributed by atoms with Crippen LogP contribution in [0.1, 0.15) is 55.7 Å². The summed E-state index contributed by atoms with van der Waals surface area (Å²) in [7, 11) is 6.15. The molecule has 0 saturated carbocycles. The van der Waals surface area contributed by atoms with Crippen LogP contribution in [0.2, 0.25) is 0 Å². The van der Waals surface area contributed by atoms with Gasteiger partial charge in [0, 0.05) is 65.5 Å². The number of para-hydroxylation sites is 1. The van der Waals surface area contributed by atoms with E-state index in [4.69, 9.17) is 9.97 Å². The van der Waals surface area contributed by atoms with Crippen molar-refractivity contribution in [2.24, 2.45) is 0 Å². The SMILES string of the molecule is CC(=O)N1CCC[C@H]1c1nc(CN(C)Cc2ccccc2N2CCCC2)cc(N(C)C)n1. The van der Waals surface area contributed by atoms with Gasteiger partial charge in [-0.2, -0.15) is 0 Å². The summed E-state index contributed by atoms with van der Waals surface area (Å²) in [6.45, 7) is 6.33. The van der Waals surface area contributed by atoms with Crippen LogP contribution < -0.4 is 9.80 Å². The zero-order valence-electron chi connectivity index (χ0n) is 19.9. The highest BCUT2D eigenvalue weighted by atomic mass is 16.2. The van der Waals surface area contributed by atoms with Crippen molar-refractivity contribution in [3.8, 4) is 0 Å². The Balaban J connectivity index is 1.54. The summed E-state index contributed by atoms with van der Waals surface area (Å²) in [6, 6.07) is 10.8. The van der Waals surface area contributed by atoms with Gasteiger partial charge in [0.05, 0.1) is 11.7 Å². The van der Waals surface area contributed by atoms with Crippen molar-refractivity contribution in [1.29, 1.82) is 0 Å². The molecule has 0 bridgehead atoms. The maximum atomic E-state index is 12.1. The third-order valence-corrected chi connectivity index (χ3v) is 6.51. The van der Waals surface area contributed by atoms with E-state index in [1.54, 1.807) is 6.92 Å². The average Bonchev–Trinajstić information content (AvgIpc) is 3.46. The topological polar surface area (TPSA) is 55.8 Å². The standard InChI is InChI=1S/C25H36N6O/c1-19(32)31-15-9-12-23(31)25-26-21(16-24(27-25)28(2)3)18-29(4)17-20-10-5-6-11-22(20)30-13-7-8-14-30/h5-6,10-11,16,23H,7-9,12-15,17-18H2,1-4H3/t23-/m0/s1. The molecule has 1 amide bonds. The third-order valence-electron chi connectivity index (χ3n) is 6.51. The predicted molar refractivity (Wildman–Crippen MR) is 129 cm³/mol. The lowest BCUT2D eigenvalue weighted by Gasteiger charge is -2.26. The molecule has 2 saturated heterocycles. The maximum Gasteiger partial charge on any atom is 0.220 e. The Labute approximate surface area is 192 Å². The van der Waals surface area contributed by atoms with E-state index in [1.165, 1.54) is 24.1 Å². The van der Waals surface area contributed by atoms with E-state index in [0.717, 1.165) is 62.9 Å². The second-order valence-electron chi connectivity index (χ2n) is 9.34. The molecule has 0 spiro atoms. The van der Waals surface area contributed by atoms with Crippen molar-refractivity contribution in [3.63, 3.8) is 0 Å². The monoisotopic (exact) mass is 436 g/mol. The molecule has 0 aliphatic carbocycles. The number of likely N-dealkylation sites (tertiary alicyclic amines) is 1. The molecule has 0 N–H and O–H groups in total. The second kappa shape index (κ2) is 9.86. The van der Waals surface area contributed by atoms with Crippen molar-refractivity contribution in [3.05, 3.63) is 47.4 Å². The van der Waals surface area contributed by atoms with E-state index >= 15 is 0 Å². The van der Waals surface area contributed by atoms with Gasteiger partial charge in [-0.25, -0.2) is 9.97 Å². The Morgan fingerprint density at radius 1 is 1.03 bits per heavy atom. The first-order valence-electron chi connectivity index (χ1n) is 11.8. The number of carbonyl (C=O) groups is 1. The van der Waals surface area contributed by atoms with Gasteiger partial charge in [0.25, 0.3) is 0 Å². The van der Waals surface area contributed by atoms with Crippen LogP contribution in [0.5, 0.6) is 0 Å². The maximum absolute atomic E-state index is 12.1. The van der Waals surface area contributed by atoms with Crippen LogP contribution in [0.15, 0.2) is 30.3 Å². The molecule has 0 radical (unpaired) electrons. The van der Waals surface area contributed by atoms with Crippen LogP contribution in [-0.2, 0) is 17.9 Å². The molecule has 7 heteroatoms. The van der Waals surface area contributed by atoms with E-state index < -0.39 is 0 Å². The summed E-state index contributed by atoms with van der Waals surface area (Å²) in [5.74, 6) is 1.76. The molecule has 2 aliphatic rings. The van der Waals surface area contributed by atoms with Crippen molar-refractivity contribution in [2.75, 3.05) is 50.6 Å². The number of carbonyl (C=O) groups excluding carboxylic acids is 1. The molecule has 2 aromatic rings. The Hall–Kier alpha value is -2.67. The van der Waals surface area contributed by atoms with Crippen molar-refractivity contribution >= 4 is 17.4 Å². The zero-order chi connectivity index (χ0) is 22.7. The van der Waals surface area contributed by atoms with Crippen LogP contribution in [0.3, 0.4) is 0 Å². The van der Waals surface area contributed by atoms with E-state index in [-0.39, 0.29) is 11.9 Å². The van der Waals surface area contributed by atoms with Gasteiger partial charge in [-0.15, -0.1) is 0 Å². The van der Waals surface area contributed by atoms with E-state index in [0.29, 0.717) is 0 Å². The van der Waals surface area contributed by atoms with Crippen molar-refractivity contribution in [2.45, 2.75) is 51.7 Å². The fourth-order valence-electron chi connectivity index (χ4n) is 4.91. The molecular formula is C25H36N6O. The van der Waals surface area contributed by atoms with Crippen LogP contribution in [0.25, 0.3) is 0 Å². The van der Waals surface area contributed by atoms with Gasteiger partial charge in [-0.1, -0.05) is 18.2 Å². The van der Waals surface area contributed by atoms with Crippen LogP contribution in [0.4, 0.5) is 11.5 Å². The highest BCUT2D eigenvalue weighted by Gasteiger charge is 2.30. The van der Waals surface area contributed by atoms with Crippen molar-refractivity contribution in [1.82, 2.24) is 19.8 Å². The van der Waals surface area contributed by atoms with Gasteiger partial charge in [0.15, 0.2) is 5.82 Å². The summed E-state index contributed by atoms with van der Waals surface area (Å²) in [4.78, 5) is 30.6. The highest BCUT2D eigenvalue weighted by molar-refractivity contribution is 5.74. The molecule has 172 valence electrons. The number of rotatable bonds is 7. The predicted octanol–water partition coefficient (Wildman–Crippen LogP) is 3.46. The number of hydrogen-bond donors (Lipinski definition) is 0. The number of aromatic nitrogens is 2. The summed E-state index contributed by atoms with van der Waals surface area (Å²) < 4.78 is 0.